The zero-order valence-corrected chi connectivity index (χ0v) is 9.13. The molecular formula is C13H14N2O. The predicted octanol–water partition coefficient (Wildman–Crippen LogP) is 1.38. The van der Waals surface area contributed by atoms with Gasteiger partial charge in [0, 0.05) is 13.2 Å². The molecule has 1 aromatic carbocycles. The van der Waals surface area contributed by atoms with Crippen LogP contribution in [0, 0.1) is 0 Å². The van der Waals surface area contributed by atoms with Gasteiger partial charge in [-0.2, -0.15) is 0 Å². The average Bonchev–Trinajstić information content (AvgIpc) is 2.44. The number of carbonyl (C=O) groups is 1. The van der Waals surface area contributed by atoms with E-state index in [2.05, 4.69) is 0 Å². The van der Waals surface area contributed by atoms with Crippen LogP contribution in [0.1, 0.15) is 5.56 Å². The van der Waals surface area contributed by atoms with Crippen molar-refractivity contribution in [3.8, 4) is 0 Å². The fourth-order valence-corrected chi connectivity index (χ4v) is 1.64. The Balaban J connectivity index is 2.39. The Bertz CT molecular complexity index is 448. The van der Waals surface area contributed by atoms with Crippen molar-refractivity contribution in [1.29, 1.82) is 0 Å². The van der Waals surface area contributed by atoms with Crippen LogP contribution in [0.3, 0.4) is 0 Å². The number of allylic oxidation sites excluding steroid dienone is 2. The molecule has 1 unspecified atom stereocenters. The van der Waals surface area contributed by atoms with Gasteiger partial charge < -0.3 is 10.6 Å². The summed E-state index contributed by atoms with van der Waals surface area (Å²) in [5.41, 5.74) is 7.76. The molecule has 1 aliphatic rings. The number of amides is 1. The molecule has 0 radical (unpaired) electrons. The lowest BCUT2D eigenvalue weighted by Gasteiger charge is -2.13. The Labute approximate surface area is 94.9 Å². The number of benzene rings is 1. The average molecular weight is 214 g/mol. The van der Waals surface area contributed by atoms with E-state index in [4.69, 9.17) is 5.73 Å². The molecule has 1 amide bonds. The minimum absolute atomic E-state index is 0.0952. The summed E-state index contributed by atoms with van der Waals surface area (Å²) < 4.78 is 0. The maximum absolute atomic E-state index is 11.6. The van der Waals surface area contributed by atoms with Gasteiger partial charge in [0.25, 0.3) is 0 Å². The molecule has 0 spiro atoms. The molecule has 0 aliphatic carbocycles. The molecule has 0 bridgehead atoms. The molecule has 3 nitrogen and oxygen atoms in total. The molecule has 1 aliphatic heterocycles. The van der Waals surface area contributed by atoms with Crippen molar-refractivity contribution in [2.24, 2.45) is 5.73 Å². The van der Waals surface area contributed by atoms with Crippen LogP contribution in [-0.2, 0) is 4.79 Å². The number of rotatable bonds is 1. The van der Waals surface area contributed by atoms with E-state index in [0.29, 0.717) is 0 Å². The second-order valence-corrected chi connectivity index (χ2v) is 3.78. The molecule has 0 saturated heterocycles. The maximum Gasteiger partial charge on any atom is 0.247 e. The first kappa shape index (κ1) is 10.6. The summed E-state index contributed by atoms with van der Waals surface area (Å²) in [7, 11) is 1.72. The number of hydrogen-bond donors (Lipinski definition) is 1. The van der Waals surface area contributed by atoms with Gasteiger partial charge in [-0.1, -0.05) is 42.5 Å². The molecule has 0 saturated carbocycles. The number of likely N-dealkylation sites (N-methyl/N-ethyl adjacent to an activating group) is 1. The molecule has 1 aromatic rings. The third kappa shape index (κ3) is 2.04. The van der Waals surface area contributed by atoms with Gasteiger partial charge in [-0.15, -0.1) is 0 Å². The van der Waals surface area contributed by atoms with E-state index in [1.807, 2.05) is 36.4 Å². The van der Waals surface area contributed by atoms with E-state index in [1.54, 1.807) is 19.3 Å². The highest BCUT2D eigenvalue weighted by Gasteiger charge is 2.17. The molecule has 1 atom stereocenters. The minimum atomic E-state index is -0.553. The third-order valence-electron chi connectivity index (χ3n) is 2.56. The lowest BCUT2D eigenvalue weighted by molar-refractivity contribution is -0.127. The normalized spacial score (nSPS) is 20.6. The van der Waals surface area contributed by atoms with Gasteiger partial charge in [0.1, 0.15) is 6.04 Å². The van der Waals surface area contributed by atoms with Crippen LogP contribution in [0.25, 0.3) is 5.57 Å². The SMILES string of the molecule is CN1C=C(c2ccccc2)C=CC(N)C1=O. The van der Waals surface area contributed by atoms with Gasteiger partial charge >= 0.3 is 0 Å². The van der Waals surface area contributed by atoms with E-state index >= 15 is 0 Å². The van der Waals surface area contributed by atoms with E-state index < -0.39 is 6.04 Å². The van der Waals surface area contributed by atoms with Crippen LogP contribution in [0.15, 0.2) is 48.7 Å². The van der Waals surface area contributed by atoms with Crippen molar-refractivity contribution in [3.05, 3.63) is 54.2 Å². The molecule has 3 heteroatoms. The second kappa shape index (κ2) is 4.33. The summed E-state index contributed by atoms with van der Waals surface area (Å²) in [4.78, 5) is 13.2. The second-order valence-electron chi connectivity index (χ2n) is 3.78. The summed E-state index contributed by atoms with van der Waals surface area (Å²) in [5, 5.41) is 0. The van der Waals surface area contributed by atoms with Gasteiger partial charge in [-0.05, 0) is 11.1 Å². The van der Waals surface area contributed by atoms with Crippen molar-refractivity contribution in [2.75, 3.05) is 7.05 Å². The Hall–Kier alpha value is -1.87. The molecule has 0 aromatic heterocycles. The highest BCUT2D eigenvalue weighted by Crippen LogP contribution is 2.18. The lowest BCUT2D eigenvalue weighted by Crippen LogP contribution is -2.37. The molecule has 2 N–H and O–H groups in total. The van der Waals surface area contributed by atoms with Crippen LogP contribution < -0.4 is 5.73 Å². The largest absolute Gasteiger partial charge is 0.320 e. The van der Waals surface area contributed by atoms with Gasteiger partial charge in [0.15, 0.2) is 0 Å². The topological polar surface area (TPSA) is 46.3 Å². The number of nitrogens with two attached hydrogens (primary N) is 1. The molecule has 2 rings (SSSR count). The Morgan fingerprint density at radius 1 is 1.25 bits per heavy atom. The number of carbonyl (C=O) groups excluding carboxylic acids is 1. The van der Waals surface area contributed by atoms with Crippen molar-refractivity contribution in [1.82, 2.24) is 4.90 Å². The van der Waals surface area contributed by atoms with Gasteiger partial charge in [0.2, 0.25) is 5.91 Å². The standard InChI is InChI=1S/C13H14N2O/c1-15-9-11(7-8-12(14)13(15)16)10-5-3-2-4-6-10/h2-9,12H,14H2,1H3. The van der Waals surface area contributed by atoms with E-state index in [1.165, 1.54) is 4.90 Å². The smallest absolute Gasteiger partial charge is 0.247 e. The summed E-state index contributed by atoms with van der Waals surface area (Å²) in [6, 6.07) is 9.36. The molecule has 1 heterocycles. The van der Waals surface area contributed by atoms with Crippen LogP contribution >= 0.6 is 0 Å². The summed E-state index contributed by atoms with van der Waals surface area (Å²) >= 11 is 0. The lowest BCUT2D eigenvalue weighted by atomic mass is 10.1. The monoisotopic (exact) mass is 214 g/mol. The summed E-state index contributed by atoms with van der Waals surface area (Å²) in [6.45, 7) is 0. The minimum Gasteiger partial charge on any atom is -0.320 e. The number of hydrogen-bond acceptors (Lipinski definition) is 2. The van der Waals surface area contributed by atoms with Crippen molar-refractivity contribution in [2.45, 2.75) is 6.04 Å². The molecule has 0 fully saturated rings. The quantitative estimate of drug-likeness (QED) is 0.767. The van der Waals surface area contributed by atoms with Crippen molar-refractivity contribution < 1.29 is 4.79 Å². The van der Waals surface area contributed by atoms with Crippen LogP contribution in [0.4, 0.5) is 0 Å². The Kier molecular flexibility index (Phi) is 2.88. The molecule has 16 heavy (non-hydrogen) atoms. The highest BCUT2D eigenvalue weighted by atomic mass is 16.2. The number of nitrogens with zero attached hydrogens (tertiary/aromatic N) is 1. The van der Waals surface area contributed by atoms with Crippen LogP contribution in [-0.4, -0.2) is 23.9 Å². The van der Waals surface area contributed by atoms with Gasteiger partial charge in [0.05, 0.1) is 0 Å². The Morgan fingerprint density at radius 3 is 2.62 bits per heavy atom. The van der Waals surface area contributed by atoms with E-state index in [0.717, 1.165) is 11.1 Å². The third-order valence-corrected chi connectivity index (χ3v) is 2.56. The zero-order chi connectivity index (χ0) is 11.5. The van der Waals surface area contributed by atoms with Gasteiger partial charge in [-0.3, -0.25) is 4.79 Å². The van der Waals surface area contributed by atoms with Crippen molar-refractivity contribution in [3.63, 3.8) is 0 Å². The summed E-state index contributed by atoms with van der Waals surface area (Å²) in [5.74, 6) is -0.0952. The zero-order valence-electron chi connectivity index (χ0n) is 9.13. The maximum atomic E-state index is 11.6. The van der Waals surface area contributed by atoms with Crippen LogP contribution in [0.2, 0.25) is 0 Å². The van der Waals surface area contributed by atoms with Crippen LogP contribution in [0.5, 0.6) is 0 Å². The first-order chi connectivity index (χ1) is 7.68. The van der Waals surface area contributed by atoms with E-state index in [-0.39, 0.29) is 5.91 Å². The highest BCUT2D eigenvalue weighted by molar-refractivity contribution is 5.89. The van der Waals surface area contributed by atoms with Crippen molar-refractivity contribution >= 4 is 11.5 Å². The van der Waals surface area contributed by atoms with E-state index in [9.17, 15) is 4.79 Å². The fourth-order valence-electron chi connectivity index (χ4n) is 1.64. The first-order valence-electron chi connectivity index (χ1n) is 5.16. The predicted molar refractivity (Wildman–Crippen MR) is 64.3 cm³/mol. The van der Waals surface area contributed by atoms with Gasteiger partial charge in [-0.25, -0.2) is 0 Å². The summed E-state index contributed by atoms with van der Waals surface area (Å²) in [6.07, 6.45) is 5.42. The Morgan fingerprint density at radius 2 is 1.94 bits per heavy atom. The molecular weight excluding hydrogens is 200 g/mol. The fraction of sp³-hybridized carbons (Fsp3) is 0.154. The first-order valence-corrected chi connectivity index (χ1v) is 5.16. The molecule has 82 valence electrons.